The number of thiophene rings is 1. The first kappa shape index (κ1) is 22.1. The molecule has 7 nitrogen and oxygen atoms in total. The fraction of sp³-hybridized carbons (Fsp3) is 0.480. The van der Waals surface area contributed by atoms with Crippen molar-refractivity contribution < 1.29 is 9.59 Å². The number of hydrogen-bond acceptors (Lipinski definition) is 5. The van der Waals surface area contributed by atoms with E-state index in [0.717, 1.165) is 71.1 Å². The number of nitrogens with zero attached hydrogens (tertiary/aromatic N) is 5. The van der Waals surface area contributed by atoms with Crippen LogP contribution in [0.2, 0.25) is 0 Å². The number of fused-ring (bicyclic) bond motifs is 1. The van der Waals surface area contributed by atoms with E-state index in [-0.39, 0.29) is 11.8 Å². The molecule has 0 N–H and O–H groups in total. The van der Waals surface area contributed by atoms with Crippen molar-refractivity contribution in [3.8, 4) is 5.69 Å². The zero-order chi connectivity index (χ0) is 22.9. The van der Waals surface area contributed by atoms with Crippen molar-refractivity contribution in [1.29, 1.82) is 0 Å². The third-order valence-electron chi connectivity index (χ3n) is 6.75. The summed E-state index contributed by atoms with van der Waals surface area (Å²) < 4.78 is 2.03. The summed E-state index contributed by atoms with van der Waals surface area (Å²) in [5.74, 6) is 0.284. The van der Waals surface area contributed by atoms with Gasteiger partial charge in [0.25, 0.3) is 5.91 Å². The molecule has 3 aromatic heterocycles. The van der Waals surface area contributed by atoms with E-state index in [1.165, 1.54) is 17.8 Å². The molecule has 2 saturated heterocycles. The highest BCUT2D eigenvalue weighted by atomic mass is 32.1. The summed E-state index contributed by atoms with van der Waals surface area (Å²) in [6.07, 6.45) is 7.42. The average molecular weight is 466 g/mol. The van der Waals surface area contributed by atoms with Crippen LogP contribution < -0.4 is 0 Å². The Bertz CT molecular complexity index is 1160. The van der Waals surface area contributed by atoms with E-state index in [9.17, 15) is 9.59 Å². The largest absolute Gasteiger partial charge is 0.342 e. The number of amides is 2. The maximum absolute atomic E-state index is 13.7. The highest BCUT2D eigenvalue weighted by Crippen LogP contribution is 2.36. The highest BCUT2D eigenvalue weighted by molar-refractivity contribution is 7.21. The standard InChI is InChI=1S/C25H31N5O2S/c1-18-16-19(2)26-24-21(18)22(29-10-6-7-11-29)23(33-24)25(32)30-14-12-27(13-15-30)17-20(31)28-8-4-3-5-9-28/h6-7,10-11,16H,3-5,8-9,12-15,17H2,1-2H3. The molecule has 0 unspecified atom stereocenters. The van der Waals surface area contributed by atoms with Crippen molar-refractivity contribution in [3.05, 3.63) is 46.7 Å². The van der Waals surface area contributed by atoms with Crippen LogP contribution in [0.4, 0.5) is 0 Å². The summed E-state index contributed by atoms with van der Waals surface area (Å²) in [5.41, 5.74) is 3.03. The quantitative estimate of drug-likeness (QED) is 0.592. The first-order valence-electron chi connectivity index (χ1n) is 11.8. The minimum absolute atomic E-state index is 0.0563. The van der Waals surface area contributed by atoms with Crippen molar-refractivity contribution in [1.82, 2.24) is 24.3 Å². The molecule has 174 valence electrons. The molecule has 2 fully saturated rings. The van der Waals surface area contributed by atoms with Crippen LogP contribution in [0.5, 0.6) is 0 Å². The molecule has 0 bridgehead atoms. The number of aromatic nitrogens is 2. The molecule has 3 aromatic rings. The molecule has 0 spiro atoms. The van der Waals surface area contributed by atoms with Crippen LogP contribution in [-0.4, -0.2) is 81.9 Å². The molecule has 0 saturated carbocycles. The molecule has 2 amide bonds. The Balaban J connectivity index is 1.33. The first-order valence-corrected chi connectivity index (χ1v) is 12.7. The Kier molecular flexibility index (Phi) is 6.21. The smallest absolute Gasteiger partial charge is 0.266 e. The van der Waals surface area contributed by atoms with Gasteiger partial charge in [0, 0.05) is 62.7 Å². The molecule has 0 aliphatic carbocycles. The molecular formula is C25H31N5O2S. The minimum atomic E-state index is 0.0563. The molecule has 2 aliphatic rings. The predicted octanol–water partition coefficient (Wildman–Crippen LogP) is 3.47. The minimum Gasteiger partial charge on any atom is -0.342 e. The van der Waals surface area contributed by atoms with Gasteiger partial charge in [-0.25, -0.2) is 4.98 Å². The molecule has 0 radical (unpaired) electrons. The van der Waals surface area contributed by atoms with Gasteiger partial charge in [-0.05, 0) is 56.9 Å². The molecule has 5 heterocycles. The number of aryl methyl sites for hydroxylation is 2. The van der Waals surface area contributed by atoms with Gasteiger partial charge in [0.2, 0.25) is 5.91 Å². The van der Waals surface area contributed by atoms with Gasteiger partial charge in [-0.2, -0.15) is 0 Å². The Morgan fingerprint density at radius 3 is 2.33 bits per heavy atom. The fourth-order valence-electron chi connectivity index (χ4n) is 4.99. The molecular weight excluding hydrogens is 434 g/mol. The van der Waals surface area contributed by atoms with Crippen molar-refractivity contribution in [2.24, 2.45) is 0 Å². The topological polar surface area (TPSA) is 61.7 Å². The normalized spacial score (nSPS) is 17.6. The number of piperidine rings is 1. The van der Waals surface area contributed by atoms with Gasteiger partial charge in [0.05, 0.1) is 12.2 Å². The van der Waals surface area contributed by atoms with Crippen molar-refractivity contribution in [2.45, 2.75) is 33.1 Å². The number of piperazine rings is 1. The third kappa shape index (κ3) is 4.42. The van der Waals surface area contributed by atoms with Crippen LogP contribution in [0.1, 0.15) is 40.2 Å². The number of carbonyl (C=O) groups is 2. The molecule has 33 heavy (non-hydrogen) atoms. The van der Waals surface area contributed by atoms with Crippen molar-refractivity contribution >= 4 is 33.4 Å². The second-order valence-corrected chi connectivity index (χ2v) is 10.1. The zero-order valence-corrected chi connectivity index (χ0v) is 20.2. The lowest BCUT2D eigenvalue weighted by atomic mass is 10.1. The number of pyridine rings is 1. The lowest BCUT2D eigenvalue weighted by Crippen LogP contribution is -2.52. The second-order valence-electron chi connectivity index (χ2n) is 9.14. The van der Waals surface area contributed by atoms with Gasteiger partial charge in [-0.1, -0.05) is 0 Å². The van der Waals surface area contributed by atoms with Crippen LogP contribution in [0, 0.1) is 13.8 Å². The Hall–Kier alpha value is -2.71. The molecule has 8 heteroatoms. The summed E-state index contributed by atoms with van der Waals surface area (Å²) in [6.45, 7) is 9.04. The van der Waals surface area contributed by atoms with Gasteiger partial charge in [-0.3, -0.25) is 14.5 Å². The van der Waals surface area contributed by atoms with E-state index in [0.29, 0.717) is 19.6 Å². The number of carbonyl (C=O) groups excluding carboxylic acids is 2. The van der Waals surface area contributed by atoms with E-state index < -0.39 is 0 Å². The Morgan fingerprint density at radius 1 is 0.939 bits per heavy atom. The van der Waals surface area contributed by atoms with Crippen LogP contribution in [0.25, 0.3) is 15.9 Å². The van der Waals surface area contributed by atoms with Crippen LogP contribution in [0.3, 0.4) is 0 Å². The van der Waals surface area contributed by atoms with Gasteiger partial charge in [0.15, 0.2) is 0 Å². The predicted molar refractivity (Wildman–Crippen MR) is 131 cm³/mol. The number of likely N-dealkylation sites (tertiary alicyclic amines) is 1. The second kappa shape index (κ2) is 9.27. The fourth-order valence-corrected chi connectivity index (χ4v) is 6.25. The molecule has 0 aromatic carbocycles. The van der Waals surface area contributed by atoms with Gasteiger partial charge < -0.3 is 14.4 Å². The summed E-state index contributed by atoms with van der Waals surface area (Å²) in [6, 6.07) is 6.04. The van der Waals surface area contributed by atoms with Crippen LogP contribution >= 0.6 is 11.3 Å². The van der Waals surface area contributed by atoms with Crippen LogP contribution in [0.15, 0.2) is 30.6 Å². The molecule has 5 rings (SSSR count). The van der Waals surface area contributed by atoms with Crippen molar-refractivity contribution in [2.75, 3.05) is 45.8 Å². The van der Waals surface area contributed by atoms with Crippen molar-refractivity contribution in [3.63, 3.8) is 0 Å². The van der Waals surface area contributed by atoms with Gasteiger partial charge in [0.1, 0.15) is 9.71 Å². The van der Waals surface area contributed by atoms with E-state index in [4.69, 9.17) is 4.98 Å². The summed E-state index contributed by atoms with van der Waals surface area (Å²) >= 11 is 1.48. The molecule has 2 aliphatic heterocycles. The van der Waals surface area contributed by atoms with E-state index >= 15 is 0 Å². The maximum Gasteiger partial charge on any atom is 0.266 e. The monoisotopic (exact) mass is 465 g/mol. The lowest BCUT2D eigenvalue weighted by Gasteiger charge is -2.36. The highest BCUT2D eigenvalue weighted by Gasteiger charge is 2.29. The summed E-state index contributed by atoms with van der Waals surface area (Å²) in [5, 5.41) is 1.05. The third-order valence-corrected chi connectivity index (χ3v) is 7.81. The molecule has 0 atom stereocenters. The first-order chi connectivity index (χ1) is 16.0. The Labute approximate surface area is 198 Å². The summed E-state index contributed by atoms with van der Waals surface area (Å²) in [7, 11) is 0. The van der Waals surface area contributed by atoms with Gasteiger partial charge >= 0.3 is 0 Å². The number of hydrogen-bond donors (Lipinski definition) is 0. The number of rotatable bonds is 4. The zero-order valence-electron chi connectivity index (χ0n) is 19.4. The van der Waals surface area contributed by atoms with E-state index in [1.807, 2.05) is 45.8 Å². The van der Waals surface area contributed by atoms with Gasteiger partial charge in [-0.15, -0.1) is 11.3 Å². The van der Waals surface area contributed by atoms with E-state index in [2.05, 4.69) is 17.9 Å². The van der Waals surface area contributed by atoms with E-state index in [1.54, 1.807) is 0 Å². The summed E-state index contributed by atoms with van der Waals surface area (Å²) in [4.78, 5) is 38.8. The maximum atomic E-state index is 13.7. The van der Waals surface area contributed by atoms with Crippen LogP contribution in [-0.2, 0) is 4.79 Å². The lowest BCUT2D eigenvalue weighted by molar-refractivity contribution is -0.133. The SMILES string of the molecule is Cc1cc(C)c2c(-n3cccc3)c(C(=O)N3CCN(CC(=O)N4CCCCC4)CC3)sc2n1. The average Bonchev–Trinajstić information content (AvgIpc) is 3.47. The Morgan fingerprint density at radius 2 is 1.64 bits per heavy atom.